The Morgan fingerprint density at radius 1 is 0.946 bits per heavy atom. The van der Waals surface area contributed by atoms with Gasteiger partial charge in [-0.05, 0) is 24.3 Å². The molecule has 3 amide bonds. The molecular weight excluding hydrogens is 478 g/mol. The molecule has 37 heavy (non-hydrogen) atoms. The lowest BCUT2D eigenvalue weighted by atomic mass is 9.96. The number of benzene rings is 2. The molecule has 1 N–H and O–H groups in total. The van der Waals surface area contributed by atoms with Gasteiger partial charge in [0.2, 0.25) is 5.91 Å². The molecule has 2 heterocycles. The van der Waals surface area contributed by atoms with Gasteiger partial charge in [-0.2, -0.15) is 0 Å². The van der Waals surface area contributed by atoms with Crippen LogP contribution in [-0.2, 0) is 14.3 Å². The van der Waals surface area contributed by atoms with E-state index < -0.39 is 11.8 Å². The molecule has 1 atom stereocenters. The maximum Gasteiger partial charge on any atom is 0.261 e. The number of ether oxygens (including phenoxy) is 4. The van der Waals surface area contributed by atoms with Gasteiger partial charge in [-0.3, -0.25) is 19.3 Å². The lowest BCUT2D eigenvalue weighted by Crippen LogP contribution is -2.60. The summed E-state index contributed by atoms with van der Waals surface area (Å²) in [4.78, 5) is 43.5. The van der Waals surface area contributed by atoms with E-state index in [1.807, 2.05) is 6.07 Å². The molecule has 1 unspecified atom stereocenters. The molecule has 10 heteroatoms. The first-order valence-corrected chi connectivity index (χ1v) is 12.3. The van der Waals surface area contributed by atoms with Crippen molar-refractivity contribution >= 4 is 17.7 Å². The molecule has 2 aliphatic rings. The third kappa shape index (κ3) is 5.26. The van der Waals surface area contributed by atoms with E-state index in [0.717, 1.165) is 0 Å². The Hall–Kier alpha value is -3.63. The zero-order valence-corrected chi connectivity index (χ0v) is 21.4. The monoisotopic (exact) mass is 511 g/mol. The smallest absolute Gasteiger partial charge is 0.261 e. The molecule has 2 aromatic rings. The van der Waals surface area contributed by atoms with E-state index in [1.54, 1.807) is 59.4 Å². The highest BCUT2D eigenvalue weighted by Crippen LogP contribution is 2.39. The normalized spacial score (nSPS) is 18.5. The second-order valence-electron chi connectivity index (χ2n) is 8.93. The first-order chi connectivity index (χ1) is 18.0. The van der Waals surface area contributed by atoms with Crippen LogP contribution < -0.4 is 14.8 Å². The Morgan fingerprint density at radius 2 is 1.59 bits per heavy atom. The van der Waals surface area contributed by atoms with Crippen LogP contribution in [0.25, 0.3) is 0 Å². The Morgan fingerprint density at radius 3 is 2.19 bits per heavy atom. The van der Waals surface area contributed by atoms with Crippen molar-refractivity contribution in [2.45, 2.75) is 24.6 Å². The largest absolute Gasteiger partial charge is 0.496 e. The molecule has 2 fully saturated rings. The van der Waals surface area contributed by atoms with Crippen molar-refractivity contribution in [2.24, 2.45) is 0 Å². The number of hydrogen-bond acceptors (Lipinski definition) is 7. The number of nitrogens with zero attached hydrogens (tertiary/aromatic N) is 2. The second kappa shape index (κ2) is 11.6. The van der Waals surface area contributed by atoms with Crippen molar-refractivity contribution in [3.63, 3.8) is 0 Å². The number of nitrogens with one attached hydrogen (secondary N) is 1. The quantitative estimate of drug-likeness (QED) is 0.540. The highest BCUT2D eigenvalue weighted by atomic mass is 16.5. The molecule has 2 saturated heterocycles. The zero-order chi connectivity index (χ0) is 26.4. The number of carbonyl (C=O) groups excluding carboxylic acids is 3. The number of methoxy groups -OCH3 is 3. The number of carbonyl (C=O) groups is 3. The number of amides is 3. The van der Waals surface area contributed by atoms with E-state index in [1.165, 1.54) is 14.2 Å². The molecule has 1 spiro atoms. The van der Waals surface area contributed by atoms with Gasteiger partial charge in [0.05, 0.1) is 27.4 Å². The Balaban J connectivity index is 1.57. The fraction of sp³-hybridized carbons (Fsp3) is 0.444. The van der Waals surface area contributed by atoms with E-state index >= 15 is 0 Å². The average molecular weight is 512 g/mol. The topological polar surface area (TPSA) is 107 Å². The molecule has 0 saturated carbocycles. The van der Waals surface area contributed by atoms with E-state index in [2.05, 4.69) is 5.32 Å². The number of rotatable bonds is 8. The minimum Gasteiger partial charge on any atom is -0.496 e. The Bertz CT molecular complexity index is 1090. The van der Waals surface area contributed by atoms with Crippen LogP contribution in [0.15, 0.2) is 48.5 Å². The summed E-state index contributed by atoms with van der Waals surface area (Å²) in [6.07, 6.45) is 0.716. The third-order valence-electron chi connectivity index (χ3n) is 6.88. The maximum absolute atomic E-state index is 13.7. The van der Waals surface area contributed by atoms with E-state index in [4.69, 9.17) is 18.9 Å². The lowest BCUT2D eigenvalue weighted by Gasteiger charge is -2.44. The van der Waals surface area contributed by atoms with Crippen molar-refractivity contribution < 1.29 is 33.3 Å². The SMILES string of the molecule is COCCNC(=O)C1COC2(CCN(C(=O)c3c(OC)cccc3OC)CC2)N1C(=O)c1ccccc1. The summed E-state index contributed by atoms with van der Waals surface area (Å²) < 4.78 is 22.1. The van der Waals surface area contributed by atoms with Gasteiger partial charge in [-0.1, -0.05) is 24.3 Å². The molecule has 198 valence electrons. The number of hydrogen-bond donors (Lipinski definition) is 1. The molecule has 0 aromatic heterocycles. The standard InChI is InChI=1S/C27H33N3O7/c1-34-17-14-28-24(31)20-18-37-27(30(20)25(32)19-8-5-4-6-9-19)12-15-29(16-13-27)26(33)23-21(35-2)10-7-11-22(23)36-3/h4-11,20H,12-18H2,1-3H3,(H,28,31). The third-order valence-corrected chi connectivity index (χ3v) is 6.88. The summed E-state index contributed by atoms with van der Waals surface area (Å²) in [6.45, 7) is 1.43. The molecular formula is C27H33N3O7. The van der Waals surface area contributed by atoms with Crippen LogP contribution >= 0.6 is 0 Å². The molecule has 2 aromatic carbocycles. The molecule has 0 bridgehead atoms. The minimum atomic E-state index is -1.00. The summed E-state index contributed by atoms with van der Waals surface area (Å²) in [5, 5.41) is 2.83. The van der Waals surface area contributed by atoms with Crippen molar-refractivity contribution in [3.8, 4) is 11.5 Å². The van der Waals surface area contributed by atoms with Crippen LogP contribution in [0, 0.1) is 0 Å². The minimum absolute atomic E-state index is 0.0751. The summed E-state index contributed by atoms with van der Waals surface area (Å²) >= 11 is 0. The Kier molecular flexibility index (Phi) is 8.30. The first-order valence-electron chi connectivity index (χ1n) is 12.3. The summed E-state index contributed by atoms with van der Waals surface area (Å²) in [7, 11) is 4.57. The van der Waals surface area contributed by atoms with Gasteiger partial charge >= 0.3 is 0 Å². The van der Waals surface area contributed by atoms with Crippen molar-refractivity contribution in [2.75, 3.05) is 54.2 Å². The lowest BCUT2D eigenvalue weighted by molar-refractivity contribution is -0.128. The molecule has 0 aliphatic carbocycles. The predicted octanol–water partition coefficient (Wildman–Crippen LogP) is 1.94. The predicted molar refractivity (Wildman–Crippen MR) is 135 cm³/mol. The maximum atomic E-state index is 13.7. The fourth-order valence-corrected chi connectivity index (χ4v) is 4.96. The molecule has 4 rings (SSSR count). The summed E-state index contributed by atoms with van der Waals surface area (Å²) in [6, 6.07) is 13.2. The summed E-state index contributed by atoms with van der Waals surface area (Å²) in [5.41, 5.74) is -0.180. The van der Waals surface area contributed by atoms with Gasteiger partial charge < -0.3 is 29.2 Å². The number of likely N-dealkylation sites (tertiary alicyclic amines) is 1. The number of piperidine rings is 1. The summed E-state index contributed by atoms with van der Waals surface area (Å²) in [5.74, 6) is 0.0504. The van der Waals surface area contributed by atoms with E-state index in [9.17, 15) is 14.4 Å². The molecule has 10 nitrogen and oxygen atoms in total. The van der Waals surface area contributed by atoms with Crippen LogP contribution in [-0.4, -0.2) is 93.5 Å². The second-order valence-corrected chi connectivity index (χ2v) is 8.93. The molecule has 0 radical (unpaired) electrons. The van der Waals surface area contributed by atoms with Crippen LogP contribution in [0.4, 0.5) is 0 Å². The van der Waals surface area contributed by atoms with Crippen LogP contribution in [0.1, 0.15) is 33.6 Å². The van der Waals surface area contributed by atoms with E-state index in [0.29, 0.717) is 61.7 Å². The zero-order valence-electron chi connectivity index (χ0n) is 21.4. The van der Waals surface area contributed by atoms with Crippen molar-refractivity contribution in [1.29, 1.82) is 0 Å². The fourth-order valence-electron chi connectivity index (χ4n) is 4.96. The average Bonchev–Trinajstić information content (AvgIpc) is 3.31. The highest BCUT2D eigenvalue weighted by Gasteiger charge is 2.54. The highest BCUT2D eigenvalue weighted by molar-refractivity contribution is 6.00. The van der Waals surface area contributed by atoms with E-state index in [-0.39, 0.29) is 24.3 Å². The van der Waals surface area contributed by atoms with Crippen LogP contribution in [0.2, 0.25) is 0 Å². The van der Waals surface area contributed by atoms with Gasteiger partial charge in [0.25, 0.3) is 11.8 Å². The first kappa shape index (κ1) is 26.4. The van der Waals surface area contributed by atoms with Crippen molar-refractivity contribution in [3.05, 3.63) is 59.7 Å². The molecule has 2 aliphatic heterocycles. The Labute approximate surface area is 216 Å². The van der Waals surface area contributed by atoms with Crippen LogP contribution in [0.5, 0.6) is 11.5 Å². The van der Waals surface area contributed by atoms with Gasteiger partial charge in [-0.25, -0.2) is 0 Å². The van der Waals surface area contributed by atoms with Gasteiger partial charge in [0, 0.05) is 45.1 Å². The van der Waals surface area contributed by atoms with Gasteiger partial charge in [0.1, 0.15) is 28.8 Å². The van der Waals surface area contributed by atoms with Gasteiger partial charge in [-0.15, -0.1) is 0 Å². The van der Waals surface area contributed by atoms with Crippen molar-refractivity contribution in [1.82, 2.24) is 15.1 Å². The van der Waals surface area contributed by atoms with Gasteiger partial charge in [0.15, 0.2) is 0 Å². The van der Waals surface area contributed by atoms with Crippen LogP contribution in [0.3, 0.4) is 0 Å².